The summed E-state index contributed by atoms with van der Waals surface area (Å²) in [4.78, 5) is 16.1. The summed E-state index contributed by atoms with van der Waals surface area (Å²) in [6, 6.07) is 0. The van der Waals surface area contributed by atoms with Crippen LogP contribution in [-0.2, 0) is 6.42 Å². The van der Waals surface area contributed by atoms with Crippen molar-refractivity contribution >= 4 is 17.3 Å². The molecular weight excluding hydrogens is 240 g/mol. The predicted octanol–water partition coefficient (Wildman–Crippen LogP) is 2.76. The van der Waals surface area contributed by atoms with Gasteiger partial charge >= 0.3 is 5.97 Å². The van der Waals surface area contributed by atoms with Gasteiger partial charge in [-0.2, -0.15) is 0 Å². The predicted molar refractivity (Wildman–Crippen MR) is 63.3 cm³/mol. The van der Waals surface area contributed by atoms with Crippen LogP contribution in [0.2, 0.25) is 0 Å². The second-order valence-corrected chi connectivity index (χ2v) is 4.86. The second-order valence-electron chi connectivity index (χ2n) is 3.63. The molecule has 90 valence electrons. The van der Waals surface area contributed by atoms with Gasteiger partial charge in [0.1, 0.15) is 11.3 Å². The first kappa shape index (κ1) is 11.8. The number of nitrogens with zero attached hydrogens (tertiary/aromatic N) is 2. The van der Waals surface area contributed by atoms with Gasteiger partial charge in [-0.25, -0.2) is 9.78 Å². The van der Waals surface area contributed by atoms with Crippen molar-refractivity contribution < 1.29 is 14.4 Å². The van der Waals surface area contributed by atoms with Crippen LogP contribution in [0.4, 0.5) is 0 Å². The Labute approximate surface area is 102 Å². The average Bonchev–Trinajstić information content (AvgIpc) is 2.84. The van der Waals surface area contributed by atoms with Crippen LogP contribution in [0, 0.1) is 6.92 Å². The maximum Gasteiger partial charge on any atom is 0.341 e. The summed E-state index contributed by atoms with van der Waals surface area (Å²) in [7, 11) is 0. The van der Waals surface area contributed by atoms with Crippen LogP contribution in [0.25, 0.3) is 10.6 Å². The Balaban J connectivity index is 2.50. The van der Waals surface area contributed by atoms with Crippen molar-refractivity contribution in [3.63, 3.8) is 0 Å². The number of hydrogen-bond donors (Lipinski definition) is 1. The summed E-state index contributed by atoms with van der Waals surface area (Å²) >= 11 is 1.41. The molecule has 0 atom stereocenters. The minimum Gasteiger partial charge on any atom is -0.477 e. The lowest BCUT2D eigenvalue weighted by Crippen LogP contribution is -2.00. The summed E-state index contributed by atoms with van der Waals surface area (Å²) in [6.07, 6.45) is 3.02. The summed E-state index contributed by atoms with van der Waals surface area (Å²) < 4.78 is 5.11. The maximum atomic E-state index is 11.2. The van der Waals surface area contributed by atoms with Gasteiger partial charge in [-0.15, -0.1) is 11.3 Å². The molecule has 0 radical (unpaired) electrons. The van der Waals surface area contributed by atoms with E-state index in [1.165, 1.54) is 11.3 Å². The topological polar surface area (TPSA) is 76.2 Å². The Morgan fingerprint density at radius 2 is 2.35 bits per heavy atom. The van der Waals surface area contributed by atoms with Crippen molar-refractivity contribution in [2.24, 2.45) is 0 Å². The molecule has 0 aliphatic rings. The maximum absolute atomic E-state index is 11.2. The molecule has 5 nitrogen and oxygen atoms in total. The zero-order valence-electron chi connectivity index (χ0n) is 9.56. The third-order valence-electron chi connectivity index (χ3n) is 2.31. The third kappa shape index (κ3) is 2.21. The molecule has 0 spiro atoms. The van der Waals surface area contributed by atoms with E-state index < -0.39 is 5.97 Å². The molecule has 2 rings (SSSR count). The molecule has 2 aromatic rings. The Kier molecular flexibility index (Phi) is 3.23. The quantitative estimate of drug-likeness (QED) is 0.905. The van der Waals surface area contributed by atoms with E-state index in [0.717, 1.165) is 16.3 Å². The lowest BCUT2D eigenvalue weighted by Gasteiger charge is -1.95. The largest absolute Gasteiger partial charge is 0.477 e. The van der Waals surface area contributed by atoms with Gasteiger partial charge < -0.3 is 9.63 Å². The summed E-state index contributed by atoms with van der Waals surface area (Å²) in [6.45, 7) is 3.83. The van der Waals surface area contributed by atoms with E-state index in [-0.39, 0.29) is 5.56 Å². The molecule has 0 fully saturated rings. The number of rotatable bonds is 4. The lowest BCUT2D eigenvalue weighted by atomic mass is 10.1. The Morgan fingerprint density at radius 3 is 2.88 bits per heavy atom. The second kappa shape index (κ2) is 4.67. The molecule has 17 heavy (non-hydrogen) atoms. The van der Waals surface area contributed by atoms with Crippen LogP contribution in [0.5, 0.6) is 0 Å². The highest BCUT2D eigenvalue weighted by Crippen LogP contribution is 2.30. The normalized spacial score (nSPS) is 10.7. The van der Waals surface area contributed by atoms with Gasteiger partial charge in [0.15, 0.2) is 5.76 Å². The zero-order chi connectivity index (χ0) is 12.4. The van der Waals surface area contributed by atoms with Crippen LogP contribution in [0.1, 0.15) is 34.5 Å². The fourth-order valence-corrected chi connectivity index (χ4v) is 2.35. The smallest absolute Gasteiger partial charge is 0.341 e. The van der Waals surface area contributed by atoms with Crippen LogP contribution >= 0.6 is 11.3 Å². The van der Waals surface area contributed by atoms with E-state index in [2.05, 4.69) is 10.1 Å². The minimum absolute atomic E-state index is 0.163. The summed E-state index contributed by atoms with van der Waals surface area (Å²) in [5.74, 6) is -0.572. The van der Waals surface area contributed by atoms with Crippen molar-refractivity contribution in [1.29, 1.82) is 0 Å². The molecule has 0 saturated heterocycles. The van der Waals surface area contributed by atoms with Crippen molar-refractivity contribution in [1.82, 2.24) is 10.1 Å². The van der Waals surface area contributed by atoms with E-state index >= 15 is 0 Å². The average molecular weight is 252 g/mol. The molecule has 0 aliphatic carbocycles. The van der Waals surface area contributed by atoms with Crippen molar-refractivity contribution in [2.45, 2.75) is 26.7 Å². The molecule has 0 amide bonds. The van der Waals surface area contributed by atoms with Crippen LogP contribution < -0.4 is 0 Å². The Hall–Kier alpha value is -1.69. The van der Waals surface area contributed by atoms with Gasteiger partial charge in [-0.05, 0) is 13.3 Å². The van der Waals surface area contributed by atoms with Crippen LogP contribution in [-0.4, -0.2) is 21.2 Å². The van der Waals surface area contributed by atoms with E-state index in [1.54, 1.807) is 6.20 Å². The standard InChI is InChI=1S/C11H12N2O3S/c1-3-4-7-9(11(14)15)10(13-16-7)8-5-12-6(2)17-8/h5H,3-4H2,1-2H3,(H,14,15). The number of aromatic nitrogens is 2. The fourth-order valence-electron chi connectivity index (χ4n) is 1.58. The highest BCUT2D eigenvalue weighted by atomic mass is 32.1. The van der Waals surface area contributed by atoms with E-state index in [4.69, 9.17) is 4.52 Å². The highest BCUT2D eigenvalue weighted by Gasteiger charge is 2.23. The minimum atomic E-state index is -1.00. The van der Waals surface area contributed by atoms with Gasteiger partial charge in [-0.3, -0.25) is 0 Å². The molecule has 2 aromatic heterocycles. The summed E-state index contributed by atoms with van der Waals surface area (Å²) in [5, 5.41) is 13.9. The van der Waals surface area contributed by atoms with Gasteiger partial charge in [0.25, 0.3) is 0 Å². The molecule has 0 aromatic carbocycles. The number of carboxylic acids is 1. The number of hydrogen-bond acceptors (Lipinski definition) is 5. The third-order valence-corrected chi connectivity index (χ3v) is 3.23. The lowest BCUT2D eigenvalue weighted by molar-refractivity contribution is 0.0695. The molecule has 0 saturated carbocycles. The number of thiazole rings is 1. The number of aryl methyl sites for hydroxylation is 2. The molecule has 1 N–H and O–H groups in total. The van der Waals surface area contributed by atoms with Crippen molar-refractivity contribution in [3.05, 3.63) is 22.5 Å². The molecule has 6 heteroatoms. The van der Waals surface area contributed by atoms with Crippen molar-refractivity contribution in [2.75, 3.05) is 0 Å². The number of carbonyl (C=O) groups is 1. The molecule has 0 bridgehead atoms. The van der Waals surface area contributed by atoms with Gasteiger partial charge in [-0.1, -0.05) is 12.1 Å². The zero-order valence-corrected chi connectivity index (χ0v) is 10.4. The number of carboxylic acid groups (broad SMARTS) is 1. The van der Waals surface area contributed by atoms with Crippen LogP contribution in [0.15, 0.2) is 10.7 Å². The first-order chi connectivity index (χ1) is 8.13. The monoisotopic (exact) mass is 252 g/mol. The molecular formula is C11H12N2O3S. The van der Waals surface area contributed by atoms with Crippen LogP contribution in [0.3, 0.4) is 0 Å². The van der Waals surface area contributed by atoms with Gasteiger partial charge in [0, 0.05) is 12.6 Å². The summed E-state index contributed by atoms with van der Waals surface area (Å²) in [5.41, 5.74) is 0.544. The first-order valence-electron chi connectivity index (χ1n) is 5.28. The SMILES string of the molecule is CCCc1onc(-c2cnc(C)s2)c1C(=O)O. The van der Waals surface area contributed by atoms with Gasteiger partial charge in [0.2, 0.25) is 0 Å². The van der Waals surface area contributed by atoms with Gasteiger partial charge in [0.05, 0.1) is 9.88 Å². The van der Waals surface area contributed by atoms with E-state index in [1.807, 2.05) is 13.8 Å². The Morgan fingerprint density at radius 1 is 1.59 bits per heavy atom. The molecule has 0 aliphatic heterocycles. The fraction of sp³-hybridized carbons (Fsp3) is 0.364. The van der Waals surface area contributed by atoms with Crippen molar-refractivity contribution in [3.8, 4) is 10.6 Å². The Bertz CT molecular complexity index is 545. The van der Waals surface area contributed by atoms with E-state index in [0.29, 0.717) is 17.9 Å². The highest BCUT2D eigenvalue weighted by molar-refractivity contribution is 7.15. The first-order valence-corrected chi connectivity index (χ1v) is 6.09. The molecule has 2 heterocycles. The number of aromatic carboxylic acids is 1. The van der Waals surface area contributed by atoms with E-state index in [9.17, 15) is 9.90 Å². The molecule has 0 unspecified atom stereocenters.